The molecule has 15 heteroatoms. The lowest BCUT2D eigenvalue weighted by Crippen LogP contribution is -2.60. The highest BCUT2D eigenvalue weighted by atomic mass is 32.1. The number of aromatic nitrogens is 3. The molecule has 5 N–H and O–H groups in total. The fraction of sp³-hybridized carbons (Fsp3) is 0.556. The maximum absolute atomic E-state index is 13.4. The molecule has 0 radical (unpaired) electrons. The molecule has 5 rings (SSSR count). The van der Waals surface area contributed by atoms with Gasteiger partial charge in [0.05, 0.1) is 11.9 Å². The van der Waals surface area contributed by atoms with Crippen LogP contribution in [0.2, 0.25) is 0 Å². The second-order valence-corrected chi connectivity index (χ2v) is 15.6. The van der Waals surface area contributed by atoms with Gasteiger partial charge >= 0.3 is 6.03 Å². The maximum Gasteiger partial charge on any atom is 0.315 e. The number of thiophene rings is 1. The number of likely N-dealkylation sites (tertiary alicyclic amines) is 1. The van der Waals surface area contributed by atoms with Crippen LogP contribution in [0.3, 0.4) is 0 Å². The van der Waals surface area contributed by atoms with Crippen molar-refractivity contribution in [2.75, 3.05) is 13.1 Å². The molecule has 0 bridgehead atoms. The van der Waals surface area contributed by atoms with Crippen molar-refractivity contribution < 1.29 is 24.0 Å². The highest BCUT2D eigenvalue weighted by molar-refractivity contribution is 7.16. The van der Waals surface area contributed by atoms with Gasteiger partial charge in [-0.05, 0) is 75.4 Å². The minimum absolute atomic E-state index is 0.0578. The first-order valence-electron chi connectivity index (χ1n) is 17.3. The molecule has 14 nitrogen and oxygen atoms in total. The normalized spacial score (nSPS) is 16.1. The molecule has 4 heterocycles. The van der Waals surface area contributed by atoms with Crippen LogP contribution in [0.1, 0.15) is 87.5 Å². The molecule has 2 aliphatic rings. The van der Waals surface area contributed by atoms with Crippen LogP contribution in [-0.4, -0.2) is 86.1 Å². The Labute approximate surface area is 303 Å². The van der Waals surface area contributed by atoms with Crippen molar-refractivity contribution in [3.8, 4) is 11.5 Å². The quantitative estimate of drug-likeness (QED) is 0.216. The minimum Gasteiger partial charge on any atom is -0.347 e. The number of nitrogens with zero attached hydrogens (tertiary/aromatic N) is 3. The van der Waals surface area contributed by atoms with Crippen molar-refractivity contribution >= 4 is 51.1 Å². The second kappa shape index (κ2) is 18.0. The van der Waals surface area contributed by atoms with Gasteiger partial charge in [0.2, 0.25) is 17.6 Å². The van der Waals surface area contributed by atoms with Gasteiger partial charge in [-0.3, -0.25) is 29.0 Å². The number of carbonyl (C=O) groups excluding carboxylic acids is 5. The molecule has 1 saturated heterocycles. The second-order valence-electron chi connectivity index (χ2n) is 14.7. The largest absolute Gasteiger partial charge is 0.347 e. The number of pyridine rings is 1. The lowest BCUT2D eigenvalue weighted by molar-refractivity contribution is -0.142. The number of H-pyrrole nitrogens is 1. The predicted octanol–water partition coefficient (Wildman–Crippen LogP) is 3.92. The zero-order valence-electron chi connectivity index (χ0n) is 30.8. The van der Waals surface area contributed by atoms with Gasteiger partial charge in [-0.1, -0.05) is 47.1 Å². The summed E-state index contributed by atoms with van der Waals surface area (Å²) in [5.74, 6) is -1.73. The Balaban J connectivity index is 0.000000304. The Kier molecular flexibility index (Phi) is 14.4. The van der Waals surface area contributed by atoms with E-state index in [0.717, 1.165) is 17.7 Å². The molecule has 1 unspecified atom stereocenters. The van der Waals surface area contributed by atoms with Crippen LogP contribution in [0.15, 0.2) is 40.6 Å². The fourth-order valence-corrected chi connectivity index (χ4v) is 5.74. The Bertz CT molecular complexity index is 1720. The number of amides is 5. The molecule has 0 aromatic carbocycles. The molecule has 51 heavy (non-hydrogen) atoms. The van der Waals surface area contributed by atoms with E-state index in [1.165, 1.54) is 22.7 Å². The molecule has 2 atom stereocenters. The first-order valence-corrected chi connectivity index (χ1v) is 18.2. The topological polar surface area (TPSA) is 195 Å². The molecular weight excluding hydrogens is 673 g/mol. The predicted molar refractivity (Wildman–Crippen MR) is 198 cm³/mol. The zero-order chi connectivity index (χ0) is 37.9. The van der Waals surface area contributed by atoms with Crippen LogP contribution in [0, 0.1) is 5.41 Å². The molecule has 3 aromatic rings. The number of carbonyl (C=O) groups is 5. The van der Waals surface area contributed by atoms with Crippen molar-refractivity contribution in [2.45, 2.75) is 111 Å². The van der Waals surface area contributed by atoms with Gasteiger partial charge in [-0.25, -0.2) is 9.78 Å². The molecule has 1 saturated carbocycles. The summed E-state index contributed by atoms with van der Waals surface area (Å²) in [6.07, 6.45) is 5.73. The summed E-state index contributed by atoms with van der Waals surface area (Å²) < 4.78 is 0. The highest BCUT2D eigenvalue weighted by Gasteiger charge is 2.42. The average molecular weight is 725 g/mol. The number of Topliss-reactive ketones (excluding diaryl/α,β-unsaturated/α-hetero) is 1. The first kappa shape index (κ1) is 40.8. The van der Waals surface area contributed by atoms with Crippen LogP contribution in [0.25, 0.3) is 21.7 Å². The number of fused-ring (bicyclic) bond motifs is 1. The molecule has 0 spiro atoms. The highest BCUT2D eigenvalue weighted by Crippen LogP contribution is 2.26. The molecule has 5 amide bonds. The van der Waals surface area contributed by atoms with Crippen LogP contribution < -0.4 is 26.8 Å². The van der Waals surface area contributed by atoms with E-state index in [1.54, 1.807) is 12.3 Å². The SMILES string of the molecule is CC(C)(C)NC(=O)N[C@H](C(=O)N1CCCC1C(=O)NCC(=O)C(=O)NC1CC1)C(C)(C)C.CCC.O=c1[nH]c(-c2ccccn2)nc2sccc12. The molecule has 2 fully saturated rings. The number of nitrogens with one attached hydrogen (secondary N) is 5. The van der Waals surface area contributed by atoms with E-state index in [-0.39, 0.29) is 17.5 Å². The van der Waals surface area contributed by atoms with Crippen molar-refractivity contribution in [1.29, 1.82) is 0 Å². The third-order valence-corrected chi connectivity index (χ3v) is 8.35. The third kappa shape index (κ3) is 12.6. The van der Waals surface area contributed by atoms with Crippen LogP contribution in [-0.2, 0) is 19.2 Å². The van der Waals surface area contributed by atoms with Crippen LogP contribution >= 0.6 is 11.3 Å². The Morgan fingerprint density at radius 2 is 1.71 bits per heavy atom. The standard InChI is InChI=1S/C22H37N5O5.C11H7N3OS.C3H8/c1-21(2,3)16(25-20(32)26-22(4,5)6)19(31)27-11-7-8-14(27)17(29)23-12-15(28)18(30)24-13-9-10-13;15-10-7-4-6-16-11(7)14-9(13-10)8-3-1-2-5-12-8;1-3-2/h13-14,16H,7-12H2,1-6H3,(H,23,29)(H,24,30)(H2,25,26,32);1-6H,(H,13,14,15);3H2,1-2H3/t14?,16-;;/m1../s1. The van der Waals surface area contributed by atoms with Gasteiger partial charge in [-0.2, -0.15) is 0 Å². The van der Waals surface area contributed by atoms with Gasteiger partial charge in [0, 0.05) is 24.3 Å². The summed E-state index contributed by atoms with van der Waals surface area (Å²) in [4.78, 5) is 87.4. The first-order chi connectivity index (χ1) is 23.9. The smallest absolute Gasteiger partial charge is 0.315 e. The molecule has 1 aliphatic heterocycles. The third-order valence-electron chi connectivity index (χ3n) is 7.55. The summed E-state index contributed by atoms with van der Waals surface area (Å²) in [5.41, 5.74) is -0.502. The lowest BCUT2D eigenvalue weighted by Gasteiger charge is -2.36. The minimum atomic E-state index is -0.843. The van der Waals surface area contributed by atoms with E-state index >= 15 is 0 Å². The summed E-state index contributed by atoms with van der Waals surface area (Å²) in [7, 11) is 0. The molecular formula is C36H52N8O6S. The van der Waals surface area contributed by atoms with Gasteiger partial charge < -0.3 is 31.2 Å². The number of hydrogen-bond acceptors (Lipinski definition) is 9. The summed E-state index contributed by atoms with van der Waals surface area (Å²) >= 11 is 1.45. The van der Waals surface area contributed by atoms with E-state index in [1.807, 2.05) is 65.1 Å². The number of ketones is 1. The van der Waals surface area contributed by atoms with Gasteiger partial charge in [-0.15, -0.1) is 11.3 Å². The van der Waals surface area contributed by atoms with Crippen LogP contribution in [0.4, 0.5) is 4.79 Å². The zero-order valence-corrected chi connectivity index (χ0v) is 31.7. The number of rotatable bonds is 8. The van der Waals surface area contributed by atoms with E-state index in [4.69, 9.17) is 0 Å². The Morgan fingerprint density at radius 1 is 1.02 bits per heavy atom. The Hall–Kier alpha value is -4.66. The monoisotopic (exact) mass is 724 g/mol. The van der Waals surface area contributed by atoms with E-state index in [2.05, 4.69) is 50.1 Å². The molecule has 3 aromatic heterocycles. The molecule has 278 valence electrons. The molecule has 1 aliphatic carbocycles. The number of urea groups is 1. The van der Waals surface area contributed by atoms with Gasteiger partial charge in [0.1, 0.15) is 22.6 Å². The van der Waals surface area contributed by atoms with Crippen molar-refractivity contribution in [3.05, 3.63) is 46.2 Å². The number of hydrogen-bond donors (Lipinski definition) is 5. The average Bonchev–Trinajstić information content (AvgIpc) is 3.50. The van der Waals surface area contributed by atoms with Gasteiger partial charge in [0.25, 0.3) is 11.5 Å². The summed E-state index contributed by atoms with van der Waals surface area (Å²) in [6.45, 7) is 15.3. The van der Waals surface area contributed by atoms with Crippen molar-refractivity contribution in [3.63, 3.8) is 0 Å². The number of aromatic amines is 1. The Morgan fingerprint density at radius 3 is 2.29 bits per heavy atom. The maximum atomic E-state index is 13.4. The van der Waals surface area contributed by atoms with Crippen molar-refractivity contribution in [1.82, 2.24) is 41.1 Å². The fourth-order valence-electron chi connectivity index (χ4n) is 4.97. The van der Waals surface area contributed by atoms with Gasteiger partial charge in [0.15, 0.2) is 5.82 Å². The van der Waals surface area contributed by atoms with Crippen molar-refractivity contribution in [2.24, 2.45) is 5.41 Å². The van der Waals surface area contributed by atoms with E-state index in [9.17, 15) is 28.8 Å². The summed E-state index contributed by atoms with van der Waals surface area (Å²) in [5, 5.41) is 13.1. The lowest BCUT2D eigenvalue weighted by atomic mass is 9.85. The summed E-state index contributed by atoms with van der Waals surface area (Å²) in [6, 6.07) is 5.28. The van der Waals surface area contributed by atoms with Crippen LogP contribution in [0.5, 0.6) is 0 Å². The van der Waals surface area contributed by atoms with E-state index < -0.39 is 53.2 Å². The van der Waals surface area contributed by atoms with E-state index in [0.29, 0.717) is 36.3 Å².